The Balaban J connectivity index is 2.99. The van der Waals surface area contributed by atoms with Gasteiger partial charge >= 0.3 is 6.36 Å². The van der Waals surface area contributed by atoms with Gasteiger partial charge in [0.05, 0.1) is 0 Å². The van der Waals surface area contributed by atoms with E-state index < -0.39 is 23.1 Å². The van der Waals surface area contributed by atoms with Crippen LogP contribution >= 0.6 is 11.6 Å². The highest BCUT2D eigenvalue weighted by molar-refractivity contribution is 6.67. The van der Waals surface area contributed by atoms with Gasteiger partial charge in [0.2, 0.25) is 0 Å². The van der Waals surface area contributed by atoms with Crippen LogP contribution in [0.4, 0.5) is 13.2 Å². The zero-order valence-corrected chi connectivity index (χ0v) is 7.76. The molecule has 1 rings (SSSR count). The van der Waals surface area contributed by atoms with Crippen molar-refractivity contribution in [2.24, 2.45) is 0 Å². The molecule has 1 N–H and O–H groups in total. The predicted octanol–water partition coefficient (Wildman–Crippen LogP) is 2.67. The maximum absolute atomic E-state index is 11.8. The number of phenolic OH excluding ortho intramolecular Hbond substituents is 1. The van der Waals surface area contributed by atoms with E-state index in [4.69, 9.17) is 16.7 Å². The van der Waals surface area contributed by atoms with Crippen LogP contribution in [0.5, 0.6) is 11.5 Å². The molecule has 0 bridgehead atoms. The fourth-order valence-corrected chi connectivity index (χ4v) is 0.968. The monoisotopic (exact) mass is 240 g/mol. The maximum Gasteiger partial charge on any atom is 0.573 e. The van der Waals surface area contributed by atoms with Crippen LogP contribution in [-0.2, 0) is 0 Å². The van der Waals surface area contributed by atoms with Crippen molar-refractivity contribution in [3.05, 3.63) is 23.8 Å². The molecule has 0 fully saturated rings. The van der Waals surface area contributed by atoms with Crippen LogP contribution in [0.2, 0.25) is 0 Å². The fourth-order valence-electron chi connectivity index (χ4n) is 0.851. The molecule has 3 nitrogen and oxygen atoms in total. The van der Waals surface area contributed by atoms with E-state index in [1.807, 2.05) is 0 Å². The number of hydrogen-bond acceptors (Lipinski definition) is 3. The summed E-state index contributed by atoms with van der Waals surface area (Å²) in [6.45, 7) is 0. The summed E-state index contributed by atoms with van der Waals surface area (Å²) in [5.74, 6) is -1.59. The maximum atomic E-state index is 11.8. The molecule has 0 saturated carbocycles. The number of halogens is 4. The van der Waals surface area contributed by atoms with Crippen LogP contribution in [0.3, 0.4) is 0 Å². The highest BCUT2D eigenvalue weighted by Crippen LogP contribution is 2.32. The average molecular weight is 241 g/mol. The van der Waals surface area contributed by atoms with Crippen LogP contribution in [-0.4, -0.2) is 16.7 Å². The van der Waals surface area contributed by atoms with E-state index in [0.29, 0.717) is 0 Å². The third-order valence-corrected chi connectivity index (χ3v) is 1.63. The number of carbonyl (C=O) groups is 1. The summed E-state index contributed by atoms with van der Waals surface area (Å²) in [4.78, 5) is 10.6. The van der Waals surface area contributed by atoms with Crippen LogP contribution < -0.4 is 4.74 Å². The van der Waals surface area contributed by atoms with Gasteiger partial charge in [0.15, 0.2) is 11.5 Å². The molecule has 0 amide bonds. The van der Waals surface area contributed by atoms with E-state index in [0.717, 1.165) is 18.2 Å². The third kappa shape index (κ3) is 3.32. The summed E-state index contributed by atoms with van der Waals surface area (Å²) in [5, 5.41) is 8.18. The molecule has 0 unspecified atom stereocenters. The predicted molar refractivity (Wildman–Crippen MR) is 45.0 cm³/mol. The van der Waals surface area contributed by atoms with Gasteiger partial charge in [-0.3, -0.25) is 4.79 Å². The summed E-state index contributed by atoms with van der Waals surface area (Å²) >= 11 is 5.05. The van der Waals surface area contributed by atoms with Crippen molar-refractivity contribution in [1.29, 1.82) is 0 Å². The topological polar surface area (TPSA) is 46.5 Å². The highest BCUT2D eigenvalue weighted by Gasteiger charge is 2.32. The molecule has 82 valence electrons. The van der Waals surface area contributed by atoms with E-state index in [9.17, 15) is 18.0 Å². The number of hydrogen-bond donors (Lipinski definition) is 1. The van der Waals surface area contributed by atoms with Crippen molar-refractivity contribution in [2.75, 3.05) is 0 Å². The summed E-state index contributed by atoms with van der Waals surface area (Å²) in [5.41, 5.74) is -0.122. The highest BCUT2D eigenvalue weighted by atomic mass is 35.5. The smallest absolute Gasteiger partial charge is 0.504 e. The van der Waals surface area contributed by atoms with Crippen LogP contribution in [0.1, 0.15) is 10.4 Å². The van der Waals surface area contributed by atoms with Gasteiger partial charge in [-0.1, -0.05) is 0 Å². The molecular formula is C8H4ClF3O3. The molecule has 7 heteroatoms. The lowest BCUT2D eigenvalue weighted by Gasteiger charge is -2.10. The number of carbonyl (C=O) groups excluding carboxylic acids is 1. The normalized spacial score (nSPS) is 11.2. The molecule has 0 aromatic heterocycles. The molecule has 0 aliphatic heterocycles. The van der Waals surface area contributed by atoms with Crippen molar-refractivity contribution in [1.82, 2.24) is 0 Å². The zero-order valence-electron chi connectivity index (χ0n) is 7.01. The minimum Gasteiger partial charge on any atom is -0.504 e. The summed E-state index contributed by atoms with van der Waals surface area (Å²) in [7, 11) is 0. The van der Waals surface area contributed by atoms with Crippen molar-refractivity contribution in [3.8, 4) is 11.5 Å². The first-order valence-electron chi connectivity index (χ1n) is 3.58. The van der Waals surface area contributed by atoms with Gasteiger partial charge in [0.25, 0.3) is 5.24 Å². The van der Waals surface area contributed by atoms with Gasteiger partial charge in [0, 0.05) is 5.56 Å². The molecule has 0 aliphatic carbocycles. The Morgan fingerprint density at radius 3 is 2.40 bits per heavy atom. The standard InChI is InChI=1S/C8H4ClF3O3/c9-7(14)4-1-2-6(5(13)3-4)15-8(10,11)12/h1-3,13H. The van der Waals surface area contributed by atoms with Crippen LogP contribution in [0.25, 0.3) is 0 Å². The quantitative estimate of drug-likeness (QED) is 0.809. The fraction of sp³-hybridized carbons (Fsp3) is 0.125. The molecule has 0 radical (unpaired) electrons. The first kappa shape index (κ1) is 11.6. The Bertz CT molecular complexity index is 389. The molecule has 0 spiro atoms. The number of phenols is 1. The van der Waals surface area contributed by atoms with Gasteiger partial charge in [-0.25, -0.2) is 0 Å². The molecule has 0 heterocycles. The van der Waals surface area contributed by atoms with Gasteiger partial charge in [-0.15, -0.1) is 13.2 Å². The second kappa shape index (κ2) is 3.98. The molecule has 1 aromatic rings. The van der Waals surface area contributed by atoms with E-state index in [2.05, 4.69) is 4.74 Å². The number of rotatable bonds is 2. The second-order valence-electron chi connectivity index (χ2n) is 2.50. The van der Waals surface area contributed by atoms with E-state index in [-0.39, 0.29) is 5.56 Å². The Hall–Kier alpha value is -1.43. The first-order chi connectivity index (χ1) is 6.79. The number of ether oxygens (including phenoxy) is 1. The lowest BCUT2D eigenvalue weighted by atomic mass is 10.2. The van der Waals surface area contributed by atoms with Crippen molar-refractivity contribution < 1.29 is 27.8 Å². The first-order valence-corrected chi connectivity index (χ1v) is 3.96. The molecular weight excluding hydrogens is 237 g/mol. The molecule has 0 saturated heterocycles. The number of aromatic hydroxyl groups is 1. The average Bonchev–Trinajstić information content (AvgIpc) is 2.05. The Kier molecular flexibility index (Phi) is 3.09. The van der Waals surface area contributed by atoms with E-state index in [1.54, 1.807) is 0 Å². The number of benzene rings is 1. The van der Waals surface area contributed by atoms with Crippen molar-refractivity contribution in [3.63, 3.8) is 0 Å². The van der Waals surface area contributed by atoms with Gasteiger partial charge < -0.3 is 9.84 Å². The third-order valence-electron chi connectivity index (χ3n) is 1.41. The zero-order chi connectivity index (χ0) is 11.6. The van der Waals surface area contributed by atoms with Gasteiger partial charge in [0.1, 0.15) is 0 Å². The molecule has 0 atom stereocenters. The van der Waals surface area contributed by atoms with Crippen molar-refractivity contribution >= 4 is 16.8 Å². The molecule has 1 aromatic carbocycles. The SMILES string of the molecule is O=C(Cl)c1ccc(OC(F)(F)F)c(O)c1. The lowest BCUT2D eigenvalue weighted by Crippen LogP contribution is -2.17. The van der Waals surface area contributed by atoms with E-state index >= 15 is 0 Å². The summed E-state index contributed by atoms with van der Waals surface area (Å²) in [6, 6.07) is 2.60. The summed E-state index contributed by atoms with van der Waals surface area (Å²) < 4.78 is 38.7. The minimum atomic E-state index is -4.90. The van der Waals surface area contributed by atoms with Crippen LogP contribution in [0, 0.1) is 0 Å². The lowest BCUT2D eigenvalue weighted by molar-refractivity contribution is -0.275. The largest absolute Gasteiger partial charge is 0.573 e. The van der Waals surface area contributed by atoms with Crippen molar-refractivity contribution in [2.45, 2.75) is 6.36 Å². The molecule has 0 aliphatic rings. The molecule has 15 heavy (non-hydrogen) atoms. The second-order valence-corrected chi connectivity index (χ2v) is 2.85. The summed E-state index contributed by atoms with van der Waals surface area (Å²) in [6.07, 6.45) is -4.90. The Morgan fingerprint density at radius 1 is 1.40 bits per heavy atom. The van der Waals surface area contributed by atoms with Gasteiger partial charge in [-0.2, -0.15) is 0 Å². The Labute approximate surface area is 87.0 Å². The minimum absolute atomic E-state index is 0.122. The number of alkyl halides is 3. The van der Waals surface area contributed by atoms with Crippen LogP contribution in [0.15, 0.2) is 18.2 Å². The van der Waals surface area contributed by atoms with Gasteiger partial charge in [-0.05, 0) is 29.8 Å². The van der Waals surface area contributed by atoms with E-state index in [1.165, 1.54) is 0 Å². The Morgan fingerprint density at radius 2 is 2.00 bits per heavy atom.